The van der Waals surface area contributed by atoms with Crippen LogP contribution in [0.1, 0.15) is 18.9 Å². The molecule has 2 rings (SSSR count). The molecule has 0 bridgehead atoms. The number of Topliss-reactive ketones (excluding diaryl/α,β-unsaturated/α-hetero) is 1. The number of carbonyl (C=O) groups is 1. The van der Waals surface area contributed by atoms with Crippen molar-refractivity contribution in [3.8, 4) is 0 Å². The first-order valence-corrected chi connectivity index (χ1v) is 6.47. The summed E-state index contributed by atoms with van der Waals surface area (Å²) in [6.45, 7) is 1.92. The Bertz CT molecular complexity index is 515. The first-order chi connectivity index (χ1) is 8.06. The van der Waals surface area contributed by atoms with Crippen molar-refractivity contribution < 1.29 is 9.18 Å². The Balaban J connectivity index is 2.51. The zero-order valence-electron chi connectivity index (χ0n) is 9.17. The highest BCUT2D eigenvalue weighted by Gasteiger charge is 2.33. The molecule has 0 fully saturated rings. The number of benzene rings is 1. The molecule has 17 heavy (non-hydrogen) atoms. The van der Waals surface area contributed by atoms with Crippen molar-refractivity contribution in [2.45, 2.75) is 18.6 Å². The smallest absolute Gasteiger partial charge is 0.179 e. The van der Waals surface area contributed by atoms with Crippen molar-refractivity contribution >= 4 is 34.7 Å². The highest BCUT2D eigenvalue weighted by atomic mass is 35.5. The first-order valence-electron chi connectivity index (χ1n) is 5.21. The Labute approximate surface area is 108 Å². The number of hydrogen-bond acceptors (Lipinski definition) is 3. The molecule has 0 aromatic heterocycles. The van der Waals surface area contributed by atoms with Crippen molar-refractivity contribution in [1.82, 2.24) is 0 Å². The molecule has 1 heterocycles. The molecule has 2 N–H and O–H groups in total. The van der Waals surface area contributed by atoms with Gasteiger partial charge in [0.2, 0.25) is 0 Å². The van der Waals surface area contributed by atoms with Gasteiger partial charge in [-0.3, -0.25) is 4.79 Å². The van der Waals surface area contributed by atoms with Crippen LogP contribution in [0.15, 0.2) is 23.2 Å². The third-order valence-corrected chi connectivity index (χ3v) is 4.32. The number of nitrogens with two attached hydrogens (primary N) is 1. The van der Waals surface area contributed by atoms with E-state index in [4.69, 9.17) is 17.3 Å². The molecule has 1 aromatic carbocycles. The van der Waals surface area contributed by atoms with Crippen LogP contribution in [0.5, 0.6) is 0 Å². The molecule has 90 valence electrons. The molecule has 0 saturated heterocycles. The lowest BCUT2D eigenvalue weighted by molar-refractivity contribution is -0.113. The van der Waals surface area contributed by atoms with Crippen LogP contribution >= 0.6 is 23.4 Å². The molecule has 0 spiro atoms. The van der Waals surface area contributed by atoms with Crippen molar-refractivity contribution in [3.63, 3.8) is 0 Å². The highest BCUT2D eigenvalue weighted by Crippen LogP contribution is 2.41. The number of thioether (sulfide) groups is 1. The van der Waals surface area contributed by atoms with Gasteiger partial charge in [0, 0.05) is 5.56 Å². The summed E-state index contributed by atoms with van der Waals surface area (Å²) in [5.74, 6) is -0.607. The van der Waals surface area contributed by atoms with E-state index in [1.165, 1.54) is 23.9 Å². The lowest BCUT2D eigenvalue weighted by Crippen LogP contribution is -2.12. The topological polar surface area (TPSA) is 43.1 Å². The summed E-state index contributed by atoms with van der Waals surface area (Å²) < 4.78 is 13.4. The molecule has 2 nitrogen and oxygen atoms in total. The number of ketones is 1. The van der Waals surface area contributed by atoms with Crippen LogP contribution in [0, 0.1) is 5.82 Å². The van der Waals surface area contributed by atoms with E-state index >= 15 is 0 Å². The van der Waals surface area contributed by atoms with E-state index in [1.54, 1.807) is 6.07 Å². The molecule has 1 unspecified atom stereocenters. The van der Waals surface area contributed by atoms with Crippen LogP contribution in [0.3, 0.4) is 0 Å². The standard InChI is InChI=1S/C12H11ClFNOS/c1-2-8-11(16)9(12(15)17-8)6-4-3-5-7(14)10(6)13/h3-5,8H,2,15H2,1H3. The molecular weight excluding hydrogens is 261 g/mol. The molecule has 0 saturated carbocycles. The maximum atomic E-state index is 13.4. The van der Waals surface area contributed by atoms with Gasteiger partial charge in [0.05, 0.1) is 20.9 Å². The zero-order chi connectivity index (χ0) is 12.6. The largest absolute Gasteiger partial charge is 0.393 e. The Kier molecular flexibility index (Phi) is 3.45. The molecule has 1 aliphatic rings. The second-order valence-electron chi connectivity index (χ2n) is 3.72. The fourth-order valence-corrected chi connectivity index (χ4v) is 3.03. The Hall–Kier alpha value is -1.00. The van der Waals surface area contributed by atoms with E-state index in [0.29, 0.717) is 22.6 Å². The number of allylic oxidation sites excluding steroid dienone is 1. The van der Waals surface area contributed by atoms with Crippen LogP contribution in [0.2, 0.25) is 5.02 Å². The third kappa shape index (κ3) is 2.07. The second kappa shape index (κ2) is 4.70. The van der Waals surface area contributed by atoms with Gasteiger partial charge in [-0.05, 0) is 12.5 Å². The average molecular weight is 272 g/mol. The Morgan fingerprint density at radius 2 is 2.24 bits per heavy atom. The minimum absolute atomic E-state index is 0.0452. The van der Waals surface area contributed by atoms with E-state index in [1.807, 2.05) is 6.92 Å². The van der Waals surface area contributed by atoms with Crippen LogP contribution in [-0.2, 0) is 4.79 Å². The van der Waals surface area contributed by atoms with E-state index in [9.17, 15) is 9.18 Å². The molecule has 5 heteroatoms. The Morgan fingerprint density at radius 1 is 1.53 bits per heavy atom. The van der Waals surface area contributed by atoms with E-state index < -0.39 is 5.82 Å². The SMILES string of the molecule is CCC1SC(N)=C(c2cccc(F)c2Cl)C1=O. The molecular formula is C12H11ClFNOS. The van der Waals surface area contributed by atoms with Gasteiger partial charge in [0.25, 0.3) is 0 Å². The molecule has 1 atom stereocenters. The molecule has 0 radical (unpaired) electrons. The van der Waals surface area contributed by atoms with Gasteiger partial charge < -0.3 is 5.73 Å². The molecule has 0 aliphatic carbocycles. The first kappa shape index (κ1) is 12.5. The van der Waals surface area contributed by atoms with E-state index in [-0.39, 0.29) is 16.1 Å². The summed E-state index contributed by atoms with van der Waals surface area (Å²) in [6, 6.07) is 4.39. The molecule has 1 aliphatic heterocycles. The van der Waals surface area contributed by atoms with Gasteiger partial charge in [-0.2, -0.15) is 0 Å². The number of carbonyl (C=O) groups excluding carboxylic acids is 1. The van der Waals surface area contributed by atoms with E-state index in [2.05, 4.69) is 0 Å². The molecule has 1 aromatic rings. The van der Waals surface area contributed by atoms with Crippen LogP contribution < -0.4 is 5.73 Å². The maximum absolute atomic E-state index is 13.4. The minimum atomic E-state index is -0.540. The van der Waals surface area contributed by atoms with Gasteiger partial charge in [0.1, 0.15) is 5.82 Å². The van der Waals surface area contributed by atoms with Crippen molar-refractivity contribution in [1.29, 1.82) is 0 Å². The fourth-order valence-electron chi connectivity index (χ4n) is 1.78. The molecule has 0 amide bonds. The van der Waals surface area contributed by atoms with Gasteiger partial charge in [0.15, 0.2) is 5.78 Å². The summed E-state index contributed by atoms with van der Waals surface area (Å²) in [6.07, 6.45) is 0.695. The van der Waals surface area contributed by atoms with Gasteiger partial charge >= 0.3 is 0 Å². The number of rotatable bonds is 2. The van der Waals surface area contributed by atoms with Crippen LogP contribution in [0.4, 0.5) is 4.39 Å². The van der Waals surface area contributed by atoms with E-state index in [0.717, 1.165) is 0 Å². The summed E-state index contributed by atoms with van der Waals surface area (Å²) in [4.78, 5) is 12.1. The van der Waals surface area contributed by atoms with Gasteiger partial charge in [-0.25, -0.2) is 4.39 Å². The third-order valence-electron chi connectivity index (χ3n) is 2.65. The predicted octanol–water partition coefficient (Wildman–Crippen LogP) is 3.20. The minimum Gasteiger partial charge on any atom is -0.393 e. The zero-order valence-corrected chi connectivity index (χ0v) is 10.7. The summed E-state index contributed by atoms with van der Waals surface area (Å²) in [7, 11) is 0. The fraction of sp³-hybridized carbons (Fsp3) is 0.250. The summed E-state index contributed by atoms with van der Waals surface area (Å²) in [5.41, 5.74) is 6.57. The Morgan fingerprint density at radius 3 is 2.82 bits per heavy atom. The average Bonchev–Trinajstić information content (AvgIpc) is 2.58. The summed E-state index contributed by atoms with van der Waals surface area (Å²) >= 11 is 7.19. The van der Waals surface area contributed by atoms with Crippen LogP contribution in [0.25, 0.3) is 5.57 Å². The lowest BCUT2D eigenvalue weighted by atomic mass is 10.00. The van der Waals surface area contributed by atoms with Crippen LogP contribution in [-0.4, -0.2) is 11.0 Å². The lowest BCUT2D eigenvalue weighted by Gasteiger charge is -2.07. The van der Waals surface area contributed by atoms with Gasteiger partial charge in [-0.1, -0.05) is 42.4 Å². The summed E-state index contributed by atoms with van der Waals surface area (Å²) in [5, 5.41) is 0.204. The van der Waals surface area contributed by atoms with Crippen molar-refractivity contribution in [2.24, 2.45) is 5.73 Å². The maximum Gasteiger partial charge on any atom is 0.179 e. The number of hydrogen-bond donors (Lipinski definition) is 1. The number of halogens is 2. The van der Waals surface area contributed by atoms with Gasteiger partial charge in [-0.15, -0.1) is 0 Å². The normalized spacial score (nSPS) is 20.2. The van der Waals surface area contributed by atoms with Crippen molar-refractivity contribution in [3.05, 3.63) is 39.6 Å². The second-order valence-corrected chi connectivity index (χ2v) is 5.34. The highest BCUT2D eigenvalue weighted by molar-refractivity contribution is 8.05. The quantitative estimate of drug-likeness (QED) is 0.898. The predicted molar refractivity (Wildman–Crippen MR) is 69.2 cm³/mol. The van der Waals surface area contributed by atoms with Crippen molar-refractivity contribution in [2.75, 3.05) is 0 Å². The monoisotopic (exact) mass is 271 g/mol.